The van der Waals surface area contributed by atoms with E-state index in [0.29, 0.717) is 34.2 Å². The maximum Gasteiger partial charge on any atom is 0.294 e. The molecule has 6 nitrogen and oxygen atoms in total. The van der Waals surface area contributed by atoms with Gasteiger partial charge in [-0.25, -0.2) is 0 Å². The fraction of sp³-hybridized carbons (Fsp3) is 0.111. The number of furan rings is 1. The van der Waals surface area contributed by atoms with E-state index in [1.807, 2.05) is 13.0 Å². The molecule has 1 N–H and O–H groups in total. The van der Waals surface area contributed by atoms with Gasteiger partial charge in [0.05, 0.1) is 18.2 Å². The summed E-state index contributed by atoms with van der Waals surface area (Å²) in [5.41, 5.74) is 1.53. The van der Waals surface area contributed by atoms with Crippen molar-refractivity contribution in [3.8, 4) is 5.75 Å². The average Bonchev–Trinajstić information content (AvgIpc) is 3.38. The number of nitrogens with zero attached hydrogens (tertiary/aromatic N) is 1. The molecule has 3 aromatic carbocycles. The molecule has 1 aromatic heterocycles. The molecule has 2 heterocycles. The lowest BCUT2D eigenvalue weighted by atomic mass is 9.94. The van der Waals surface area contributed by atoms with E-state index >= 15 is 0 Å². The zero-order valence-electron chi connectivity index (χ0n) is 18.5. The summed E-state index contributed by atoms with van der Waals surface area (Å²) < 4.78 is 12.3. The highest BCUT2D eigenvalue weighted by atomic mass is 79.9. The van der Waals surface area contributed by atoms with Crippen LogP contribution in [0, 0.1) is 0 Å². The van der Waals surface area contributed by atoms with Gasteiger partial charge in [0, 0.05) is 20.6 Å². The molecular weight excluding hydrogens is 534 g/mol. The summed E-state index contributed by atoms with van der Waals surface area (Å²) in [5, 5.41) is 12.2. The van der Waals surface area contributed by atoms with E-state index in [9.17, 15) is 14.7 Å². The maximum atomic E-state index is 13.7. The summed E-state index contributed by atoms with van der Waals surface area (Å²) in [7, 11) is 0. The number of halogens is 2. The summed E-state index contributed by atoms with van der Waals surface area (Å²) in [6.07, 6.45) is 0. The van der Waals surface area contributed by atoms with Crippen molar-refractivity contribution in [3.05, 3.63) is 105 Å². The quantitative estimate of drug-likeness (QED) is 0.260. The molecule has 1 amide bonds. The fourth-order valence-corrected chi connectivity index (χ4v) is 4.73. The molecule has 0 saturated heterocycles. The Hall–Kier alpha value is -3.55. The van der Waals surface area contributed by atoms with Crippen molar-refractivity contribution in [3.63, 3.8) is 0 Å². The minimum atomic E-state index is -0.906. The lowest BCUT2D eigenvalue weighted by Crippen LogP contribution is -2.31. The Labute approximate surface area is 214 Å². The molecule has 0 bridgehead atoms. The Bertz CT molecular complexity index is 1490. The van der Waals surface area contributed by atoms with Gasteiger partial charge in [0.25, 0.3) is 5.91 Å². The number of hydrogen-bond acceptors (Lipinski definition) is 5. The van der Waals surface area contributed by atoms with Crippen molar-refractivity contribution in [1.29, 1.82) is 0 Å². The van der Waals surface area contributed by atoms with Crippen molar-refractivity contribution in [2.24, 2.45) is 0 Å². The van der Waals surface area contributed by atoms with Gasteiger partial charge >= 0.3 is 0 Å². The van der Waals surface area contributed by atoms with Crippen LogP contribution in [-0.2, 0) is 4.79 Å². The average molecular weight is 553 g/mol. The number of fused-ring (bicyclic) bond motifs is 1. The van der Waals surface area contributed by atoms with E-state index in [1.165, 1.54) is 4.90 Å². The minimum Gasteiger partial charge on any atom is -0.503 e. The summed E-state index contributed by atoms with van der Waals surface area (Å²) in [5.74, 6) is -1.29. The summed E-state index contributed by atoms with van der Waals surface area (Å²) in [6.45, 7) is 2.32. The molecule has 1 aliphatic rings. The Balaban J connectivity index is 1.65. The van der Waals surface area contributed by atoms with Gasteiger partial charge < -0.3 is 14.3 Å². The molecule has 35 heavy (non-hydrogen) atoms. The normalized spacial score (nSPS) is 15.8. The van der Waals surface area contributed by atoms with E-state index in [1.54, 1.807) is 66.7 Å². The van der Waals surface area contributed by atoms with E-state index < -0.39 is 23.5 Å². The molecule has 0 saturated carbocycles. The maximum absolute atomic E-state index is 13.7. The molecule has 1 aliphatic heterocycles. The molecule has 0 aliphatic carbocycles. The monoisotopic (exact) mass is 551 g/mol. The number of ether oxygens (including phenoxy) is 1. The van der Waals surface area contributed by atoms with Crippen LogP contribution < -0.4 is 9.64 Å². The Morgan fingerprint density at radius 3 is 2.63 bits per heavy atom. The van der Waals surface area contributed by atoms with Crippen LogP contribution in [0.4, 0.5) is 5.69 Å². The fourth-order valence-electron chi connectivity index (χ4n) is 4.22. The molecule has 0 fully saturated rings. The lowest BCUT2D eigenvalue weighted by Gasteiger charge is -2.27. The number of ketones is 1. The zero-order chi connectivity index (χ0) is 24.7. The minimum absolute atomic E-state index is 0.0244. The highest BCUT2D eigenvalue weighted by molar-refractivity contribution is 9.10. The van der Waals surface area contributed by atoms with Gasteiger partial charge in [0.15, 0.2) is 11.5 Å². The first-order chi connectivity index (χ1) is 16.9. The Morgan fingerprint density at radius 2 is 1.89 bits per heavy atom. The molecule has 0 radical (unpaired) electrons. The van der Waals surface area contributed by atoms with E-state index in [0.717, 1.165) is 9.86 Å². The van der Waals surface area contributed by atoms with Crippen LogP contribution in [0.1, 0.15) is 29.1 Å². The largest absolute Gasteiger partial charge is 0.503 e. The number of hydrogen-bond donors (Lipinski definition) is 1. The van der Waals surface area contributed by atoms with Crippen molar-refractivity contribution in [1.82, 2.24) is 0 Å². The first kappa shape index (κ1) is 23.2. The first-order valence-electron chi connectivity index (χ1n) is 10.9. The molecular formula is C27H19BrClNO5. The smallest absolute Gasteiger partial charge is 0.294 e. The number of carbonyl (C=O) groups excluding carboxylic acids is 2. The number of benzene rings is 3. The van der Waals surface area contributed by atoms with Crippen LogP contribution in [0.25, 0.3) is 11.0 Å². The molecule has 0 spiro atoms. The second kappa shape index (κ2) is 9.24. The van der Waals surface area contributed by atoms with E-state index in [-0.39, 0.29) is 11.3 Å². The third kappa shape index (κ3) is 4.22. The van der Waals surface area contributed by atoms with Crippen LogP contribution in [0.5, 0.6) is 5.75 Å². The predicted molar refractivity (Wildman–Crippen MR) is 137 cm³/mol. The second-order valence-corrected chi connectivity index (χ2v) is 9.30. The standard InChI is InChI=1S/C27H19BrClNO5/c1-2-34-20-5-3-4-15(13-20)24-23(25(31)22-14-16-12-17(28)6-11-21(16)35-22)26(32)27(33)30(24)19-9-7-18(29)8-10-19/h3-14,24,32H,2H2,1H3. The van der Waals surface area contributed by atoms with Gasteiger partial charge in [-0.05, 0) is 73.2 Å². The molecule has 176 valence electrons. The Kier molecular flexibility index (Phi) is 6.13. The topological polar surface area (TPSA) is 80.0 Å². The van der Waals surface area contributed by atoms with Crippen molar-refractivity contribution < 1.29 is 23.8 Å². The van der Waals surface area contributed by atoms with Crippen molar-refractivity contribution >= 4 is 55.9 Å². The van der Waals surface area contributed by atoms with Crippen LogP contribution in [0.15, 0.2) is 93.0 Å². The van der Waals surface area contributed by atoms with Gasteiger partial charge in [0.1, 0.15) is 11.3 Å². The molecule has 8 heteroatoms. The first-order valence-corrected chi connectivity index (χ1v) is 12.0. The molecule has 4 aromatic rings. The Morgan fingerprint density at radius 1 is 1.11 bits per heavy atom. The van der Waals surface area contributed by atoms with Crippen molar-refractivity contribution in [2.45, 2.75) is 13.0 Å². The van der Waals surface area contributed by atoms with Gasteiger partial charge in [-0.3, -0.25) is 14.5 Å². The van der Waals surface area contributed by atoms with Crippen LogP contribution in [0.3, 0.4) is 0 Å². The number of aliphatic hydroxyl groups excluding tert-OH is 1. The zero-order valence-corrected chi connectivity index (χ0v) is 20.8. The van der Waals surface area contributed by atoms with Gasteiger partial charge in [-0.2, -0.15) is 0 Å². The molecule has 1 unspecified atom stereocenters. The second-order valence-electron chi connectivity index (χ2n) is 7.94. The highest BCUT2D eigenvalue weighted by Crippen LogP contribution is 2.43. The van der Waals surface area contributed by atoms with Crippen LogP contribution in [-0.4, -0.2) is 23.4 Å². The number of carbonyl (C=O) groups is 2. The number of amides is 1. The summed E-state index contributed by atoms with van der Waals surface area (Å²) in [4.78, 5) is 28.4. The van der Waals surface area contributed by atoms with Gasteiger partial charge in [0.2, 0.25) is 5.78 Å². The number of anilines is 1. The SMILES string of the molecule is CCOc1cccc(C2C(C(=O)c3cc4cc(Br)ccc4o3)=C(O)C(=O)N2c2ccc(Cl)cc2)c1. The van der Waals surface area contributed by atoms with Crippen molar-refractivity contribution in [2.75, 3.05) is 11.5 Å². The van der Waals surface area contributed by atoms with E-state index in [2.05, 4.69) is 15.9 Å². The van der Waals surface area contributed by atoms with Gasteiger partial charge in [-0.15, -0.1) is 0 Å². The predicted octanol–water partition coefficient (Wildman–Crippen LogP) is 7.03. The molecule has 1 atom stereocenters. The number of Topliss-reactive ketones (excluding diaryl/α,β-unsaturated/α-hetero) is 1. The highest BCUT2D eigenvalue weighted by Gasteiger charge is 2.45. The number of rotatable bonds is 6. The third-order valence-corrected chi connectivity index (χ3v) is 6.49. The summed E-state index contributed by atoms with van der Waals surface area (Å²) >= 11 is 9.46. The number of aliphatic hydroxyl groups is 1. The third-order valence-electron chi connectivity index (χ3n) is 5.74. The van der Waals surface area contributed by atoms with Gasteiger partial charge in [-0.1, -0.05) is 39.7 Å². The van der Waals surface area contributed by atoms with Crippen LogP contribution in [0.2, 0.25) is 5.02 Å². The van der Waals surface area contributed by atoms with E-state index in [4.69, 9.17) is 20.8 Å². The molecule has 5 rings (SSSR count). The van der Waals surface area contributed by atoms with Crippen LogP contribution >= 0.6 is 27.5 Å². The summed E-state index contributed by atoms with van der Waals surface area (Å²) in [6, 6.07) is 19.8. The lowest BCUT2D eigenvalue weighted by molar-refractivity contribution is -0.117.